The first-order chi connectivity index (χ1) is 10.7. The van der Waals surface area contributed by atoms with Crippen molar-refractivity contribution in [3.05, 3.63) is 53.0 Å². The average molecular weight is 298 g/mol. The van der Waals surface area contributed by atoms with Crippen LogP contribution >= 0.6 is 0 Å². The number of nitrogens with zero attached hydrogens (tertiary/aromatic N) is 1. The van der Waals surface area contributed by atoms with E-state index >= 15 is 0 Å². The monoisotopic (exact) mass is 298 g/mol. The van der Waals surface area contributed by atoms with Crippen molar-refractivity contribution in [3.63, 3.8) is 0 Å². The quantitative estimate of drug-likeness (QED) is 0.790. The Morgan fingerprint density at radius 2 is 2.05 bits per heavy atom. The van der Waals surface area contributed by atoms with Crippen molar-refractivity contribution in [2.75, 3.05) is 20.7 Å². The second kappa shape index (κ2) is 6.49. The zero-order chi connectivity index (χ0) is 15.5. The van der Waals surface area contributed by atoms with Crippen molar-refractivity contribution in [2.24, 2.45) is 0 Å². The highest BCUT2D eigenvalue weighted by atomic mass is 16.5. The largest absolute Gasteiger partial charge is 0.461 e. The molecule has 0 saturated carbocycles. The lowest BCUT2D eigenvalue weighted by atomic mass is 9.95. The molecule has 1 aromatic heterocycles. The van der Waals surface area contributed by atoms with Crippen molar-refractivity contribution in [1.82, 2.24) is 0 Å². The molecule has 3 rings (SSSR count). The number of aryl methyl sites for hydroxylation is 1. The molecule has 3 nitrogen and oxygen atoms in total. The van der Waals surface area contributed by atoms with E-state index in [2.05, 4.69) is 41.0 Å². The first-order valence-corrected chi connectivity index (χ1v) is 8.03. The number of fused-ring (bicyclic) bond motifs is 1. The van der Waals surface area contributed by atoms with Crippen LogP contribution in [0.4, 0.5) is 0 Å². The van der Waals surface area contributed by atoms with Gasteiger partial charge in [-0.1, -0.05) is 0 Å². The number of hydrogen-bond acceptors (Lipinski definition) is 2. The van der Waals surface area contributed by atoms with Gasteiger partial charge in [0.15, 0.2) is 5.71 Å². The fraction of sp³-hybridized carbons (Fsp3) is 0.421. The number of allylic oxidation sites excluding steroid dienone is 5. The molecular formula is C19H24NO2+. The van der Waals surface area contributed by atoms with Gasteiger partial charge < -0.3 is 9.15 Å². The summed E-state index contributed by atoms with van der Waals surface area (Å²) in [5.74, 6) is 2.02. The molecule has 2 aliphatic rings. The Hall–Kier alpha value is -1.87. The minimum atomic E-state index is 0.204. The Bertz CT molecular complexity index is 652. The van der Waals surface area contributed by atoms with Crippen LogP contribution < -0.4 is 0 Å². The fourth-order valence-electron chi connectivity index (χ4n) is 3.01. The summed E-state index contributed by atoms with van der Waals surface area (Å²) in [6, 6.07) is 2.15. The van der Waals surface area contributed by atoms with E-state index in [1.807, 2.05) is 21.0 Å². The third-order valence-corrected chi connectivity index (χ3v) is 4.16. The van der Waals surface area contributed by atoms with Gasteiger partial charge in [0.2, 0.25) is 0 Å². The average Bonchev–Trinajstić information content (AvgIpc) is 2.91. The first kappa shape index (κ1) is 15.0. The number of rotatable bonds is 3. The van der Waals surface area contributed by atoms with Gasteiger partial charge in [-0.2, -0.15) is 0 Å². The normalized spacial score (nSPS) is 20.2. The van der Waals surface area contributed by atoms with Crippen LogP contribution in [-0.4, -0.2) is 31.0 Å². The predicted molar refractivity (Wildman–Crippen MR) is 89.4 cm³/mol. The highest BCUT2D eigenvalue weighted by Crippen LogP contribution is 2.35. The molecular weight excluding hydrogens is 274 g/mol. The Morgan fingerprint density at radius 1 is 1.27 bits per heavy atom. The minimum absolute atomic E-state index is 0.204. The highest BCUT2D eigenvalue weighted by molar-refractivity contribution is 6.02. The van der Waals surface area contributed by atoms with Crippen LogP contribution in [-0.2, 0) is 11.2 Å². The maximum Gasteiger partial charge on any atom is 0.199 e. The minimum Gasteiger partial charge on any atom is -0.461 e. The zero-order valence-electron chi connectivity index (χ0n) is 13.6. The Labute approximate surface area is 132 Å². The van der Waals surface area contributed by atoms with Crippen molar-refractivity contribution in [2.45, 2.75) is 32.3 Å². The molecule has 1 unspecified atom stereocenters. The molecule has 2 aliphatic carbocycles. The second-order valence-corrected chi connectivity index (χ2v) is 5.99. The lowest BCUT2D eigenvalue weighted by Gasteiger charge is -2.20. The molecule has 0 bridgehead atoms. The lowest BCUT2D eigenvalue weighted by Crippen LogP contribution is -2.10. The topological polar surface area (TPSA) is 25.4 Å². The molecule has 1 aromatic rings. The van der Waals surface area contributed by atoms with E-state index in [1.54, 1.807) is 0 Å². The third-order valence-electron chi connectivity index (χ3n) is 4.16. The summed E-state index contributed by atoms with van der Waals surface area (Å²) in [7, 11) is 4.10. The molecule has 3 heteroatoms. The first-order valence-electron chi connectivity index (χ1n) is 8.03. The van der Waals surface area contributed by atoms with Crippen LogP contribution in [0.1, 0.15) is 43.0 Å². The van der Waals surface area contributed by atoms with Gasteiger partial charge in [0.25, 0.3) is 0 Å². The van der Waals surface area contributed by atoms with Crippen LogP contribution in [0, 0.1) is 0 Å². The van der Waals surface area contributed by atoms with E-state index in [4.69, 9.17) is 9.15 Å². The Kier molecular flexibility index (Phi) is 4.44. The second-order valence-electron chi connectivity index (χ2n) is 5.99. The maximum atomic E-state index is 6.02. The van der Waals surface area contributed by atoms with Gasteiger partial charge in [0.1, 0.15) is 25.6 Å². The summed E-state index contributed by atoms with van der Waals surface area (Å²) in [4.78, 5) is 0. The van der Waals surface area contributed by atoms with E-state index in [0.717, 1.165) is 43.0 Å². The van der Waals surface area contributed by atoms with Gasteiger partial charge in [0, 0.05) is 30.7 Å². The van der Waals surface area contributed by atoms with Crippen LogP contribution in [0.15, 0.2) is 40.4 Å². The summed E-state index contributed by atoms with van der Waals surface area (Å²) in [5.41, 5.74) is 3.60. The summed E-state index contributed by atoms with van der Waals surface area (Å²) in [6.07, 6.45) is 14.0. The van der Waals surface area contributed by atoms with Gasteiger partial charge in [0.05, 0.1) is 6.10 Å². The van der Waals surface area contributed by atoms with E-state index in [-0.39, 0.29) is 6.10 Å². The number of ether oxygens (including phenoxy) is 1. The van der Waals surface area contributed by atoms with Crippen LogP contribution in [0.25, 0.3) is 6.08 Å². The molecule has 0 radical (unpaired) electrons. The molecule has 0 fully saturated rings. The molecule has 0 N–H and O–H groups in total. The molecule has 0 aliphatic heterocycles. The standard InChI is InChI=1S/C19H24NO2/c1-4-21-18-6-5-7-19-17(18)13-16(22-19)12-14-8-10-15(11-9-14)20(2)3/h8-13,18H,4-7H2,1-3H3/q+1. The summed E-state index contributed by atoms with van der Waals surface area (Å²) < 4.78 is 14.0. The third kappa shape index (κ3) is 3.14. The molecule has 116 valence electrons. The molecule has 1 heterocycles. The smallest absolute Gasteiger partial charge is 0.199 e. The molecule has 1 atom stereocenters. The van der Waals surface area contributed by atoms with Gasteiger partial charge in [-0.3, -0.25) is 0 Å². The number of hydrogen-bond donors (Lipinski definition) is 0. The summed E-state index contributed by atoms with van der Waals surface area (Å²) in [6.45, 7) is 2.80. The van der Waals surface area contributed by atoms with Gasteiger partial charge in [-0.25, -0.2) is 4.58 Å². The summed E-state index contributed by atoms with van der Waals surface area (Å²) in [5, 5.41) is 0. The lowest BCUT2D eigenvalue weighted by molar-refractivity contribution is -0.462. The van der Waals surface area contributed by atoms with E-state index in [9.17, 15) is 0 Å². The SMILES string of the molecule is CCOC1CCCc2oc(C=C3C=CC(=[N+](C)C)C=C3)cc21. The Morgan fingerprint density at radius 3 is 2.73 bits per heavy atom. The van der Waals surface area contributed by atoms with Gasteiger partial charge >= 0.3 is 0 Å². The van der Waals surface area contributed by atoms with Crippen molar-refractivity contribution < 1.29 is 13.7 Å². The van der Waals surface area contributed by atoms with Crippen molar-refractivity contribution >= 4 is 11.8 Å². The van der Waals surface area contributed by atoms with Crippen LogP contribution in [0.3, 0.4) is 0 Å². The van der Waals surface area contributed by atoms with Gasteiger partial charge in [-0.05, 0) is 49.6 Å². The molecule has 0 saturated heterocycles. The predicted octanol–water partition coefficient (Wildman–Crippen LogP) is 3.92. The number of furan rings is 1. The van der Waals surface area contributed by atoms with Crippen LogP contribution in [0.5, 0.6) is 0 Å². The van der Waals surface area contributed by atoms with Crippen LogP contribution in [0.2, 0.25) is 0 Å². The zero-order valence-corrected chi connectivity index (χ0v) is 13.6. The van der Waals surface area contributed by atoms with E-state index in [0.29, 0.717) is 0 Å². The molecule has 22 heavy (non-hydrogen) atoms. The summed E-state index contributed by atoms with van der Waals surface area (Å²) >= 11 is 0. The fourth-order valence-corrected chi connectivity index (χ4v) is 3.01. The van der Waals surface area contributed by atoms with E-state index < -0.39 is 0 Å². The molecule has 0 amide bonds. The van der Waals surface area contributed by atoms with Gasteiger partial charge in [-0.15, -0.1) is 0 Å². The van der Waals surface area contributed by atoms with E-state index in [1.165, 1.54) is 11.3 Å². The van der Waals surface area contributed by atoms with Crippen molar-refractivity contribution in [1.29, 1.82) is 0 Å². The Balaban J connectivity index is 1.83. The van der Waals surface area contributed by atoms with Crippen molar-refractivity contribution in [3.8, 4) is 0 Å². The maximum absolute atomic E-state index is 6.02. The molecule has 0 aromatic carbocycles. The molecule has 0 spiro atoms. The highest BCUT2D eigenvalue weighted by Gasteiger charge is 2.24.